The van der Waals surface area contributed by atoms with Gasteiger partial charge in [0.2, 0.25) is 0 Å². The fraction of sp³-hybridized carbons (Fsp3) is 0.188. The smallest absolute Gasteiger partial charge is 0.265 e. The van der Waals surface area contributed by atoms with Gasteiger partial charge in [0.15, 0.2) is 6.10 Å². The fourth-order valence-corrected chi connectivity index (χ4v) is 1.95. The quantitative estimate of drug-likeness (QED) is 0.898. The number of hydrogen-bond donors (Lipinski definition) is 1. The Labute approximate surface area is 123 Å². The molecule has 20 heavy (non-hydrogen) atoms. The maximum Gasteiger partial charge on any atom is 0.265 e. The van der Waals surface area contributed by atoms with E-state index in [1.807, 2.05) is 37.3 Å². The molecule has 4 heteroatoms. The van der Waals surface area contributed by atoms with Crippen molar-refractivity contribution < 1.29 is 9.53 Å². The second-order valence-corrected chi connectivity index (χ2v) is 4.76. The van der Waals surface area contributed by atoms with Crippen molar-refractivity contribution in [1.29, 1.82) is 0 Å². The highest BCUT2D eigenvalue weighted by Gasteiger charge is 2.18. The van der Waals surface area contributed by atoms with Gasteiger partial charge in [-0.05, 0) is 36.8 Å². The normalized spacial score (nSPS) is 11.7. The standard InChI is InChI=1S/C16H16ClNO2/c1-2-15(20-14-10-6-7-12(17)11-14)16(19)18-13-8-4-3-5-9-13/h3-11,15H,2H2,1H3,(H,18,19)/t15-/m0/s1. The second kappa shape index (κ2) is 6.96. The van der Waals surface area contributed by atoms with E-state index in [4.69, 9.17) is 16.3 Å². The van der Waals surface area contributed by atoms with E-state index >= 15 is 0 Å². The van der Waals surface area contributed by atoms with Gasteiger partial charge in [-0.15, -0.1) is 0 Å². The number of carbonyl (C=O) groups excluding carboxylic acids is 1. The third-order valence-corrected chi connectivity index (χ3v) is 3.01. The number of halogens is 1. The van der Waals surface area contributed by atoms with Crippen LogP contribution in [0, 0.1) is 0 Å². The summed E-state index contributed by atoms with van der Waals surface area (Å²) in [5.41, 5.74) is 0.755. The number of anilines is 1. The van der Waals surface area contributed by atoms with Crippen LogP contribution in [-0.4, -0.2) is 12.0 Å². The average molecular weight is 290 g/mol. The summed E-state index contributed by atoms with van der Waals surface area (Å²) in [6.07, 6.45) is 0.0271. The van der Waals surface area contributed by atoms with E-state index in [2.05, 4.69) is 5.32 Å². The molecule has 0 aliphatic rings. The molecule has 0 heterocycles. The average Bonchev–Trinajstić information content (AvgIpc) is 2.46. The first-order valence-electron chi connectivity index (χ1n) is 6.47. The second-order valence-electron chi connectivity index (χ2n) is 4.33. The van der Waals surface area contributed by atoms with Gasteiger partial charge in [0, 0.05) is 10.7 Å². The number of ether oxygens (including phenoxy) is 1. The van der Waals surface area contributed by atoms with Crippen LogP contribution in [-0.2, 0) is 4.79 Å². The van der Waals surface area contributed by atoms with Gasteiger partial charge >= 0.3 is 0 Å². The summed E-state index contributed by atoms with van der Waals surface area (Å²) in [7, 11) is 0. The predicted octanol–water partition coefficient (Wildman–Crippen LogP) is 4.14. The summed E-state index contributed by atoms with van der Waals surface area (Å²) in [6.45, 7) is 1.90. The summed E-state index contributed by atoms with van der Waals surface area (Å²) in [5, 5.41) is 3.41. The molecule has 0 aromatic heterocycles. The molecule has 0 spiro atoms. The van der Waals surface area contributed by atoms with Crippen molar-refractivity contribution in [3.63, 3.8) is 0 Å². The maximum absolute atomic E-state index is 12.2. The number of carbonyl (C=O) groups is 1. The van der Waals surface area contributed by atoms with Crippen LogP contribution in [0.4, 0.5) is 5.69 Å². The minimum Gasteiger partial charge on any atom is -0.481 e. The first-order chi connectivity index (χ1) is 9.69. The predicted molar refractivity (Wildman–Crippen MR) is 81.2 cm³/mol. The molecule has 0 bridgehead atoms. The molecule has 1 N–H and O–H groups in total. The molecular formula is C16H16ClNO2. The van der Waals surface area contributed by atoms with Crippen molar-refractivity contribution >= 4 is 23.2 Å². The Morgan fingerprint density at radius 2 is 1.95 bits per heavy atom. The van der Waals surface area contributed by atoms with Crippen LogP contribution in [0.2, 0.25) is 5.02 Å². The molecule has 0 aliphatic heterocycles. The third kappa shape index (κ3) is 4.00. The third-order valence-electron chi connectivity index (χ3n) is 2.78. The Bertz CT molecular complexity index is 572. The van der Waals surface area contributed by atoms with Crippen LogP contribution in [0.25, 0.3) is 0 Å². The van der Waals surface area contributed by atoms with Crippen LogP contribution in [0.1, 0.15) is 13.3 Å². The van der Waals surface area contributed by atoms with Crippen LogP contribution in [0.5, 0.6) is 5.75 Å². The van der Waals surface area contributed by atoms with Gasteiger partial charge in [0.05, 0.1) is 0 Å². The Morgan fingerprint density at radius 1 is 1.20 bits per heavy atom. The van der Waals surface area contributed by atoms with E-state index in [0.29, 0.717) is 17.2 Å². The lowest BCUT2D eigenvalue weighted by molar-refractivity contribution is -0.122. The van der Waals surface area contributed by atoms with Crippen LogP contribution in [0.15, 0.2) is 54.6 Å². The number of hydrogen-bond acceptors (Lipinski definition) is 2. The molecule has 3 nitrogen and oxygen atoms in total. The molecule has 1 amide bonds. The maximum atomic E-state index is 12.2. The van der Waals surface area contributed by atoms with Gasteiger partial charge in [0.1, 0.15) is 5.75 Å². The Morgan fingerprint density at radius 3 is 2.60 bits per heavy atom. The Balaban J connectivity index is 2.02. The van der Waals surface area contributed by atoms with Crippen LogP contribution < -0.4 is 10.1 Å². The molecule has 0 aliphatic carbocycles. The summed E-state index contributed by atoms with van der Waals surface area (Å²) in [5.74, 6) is 0.422. The Hall–Kier alpha value is -2.00. The molecule has 1 atom stereocenters. The molecule has 2 rings (SSSR count). The van der Waals surface area contributed by atoms with Crippen LogP contribution in [0.3, 0.4) is 0 Å². The number of amides is 1. The van der Waals surface area contributed by atoms with Crippen molar-refractivity contribution in [3.05, 3.63) is 59.6 Å². The van der Waals surface area contributed by atoms with E-state index in [9.17, 15) is 4.79 Å². The summed E-state index contributed by atoms with van der Waals surface area (Å²) < 4.78 is 5.68. The number of rotatable bonds is 5. The van der Waals surface area contributed by atoms with Gasteiger partial charge in [-0.2, -0.15) is 0 Å². The number of para-hydroxylation sites is 1. The molecule has 0 radical (unpaired) electrons. The van der Waals surface area contributed by atoms with E-state index in [1.54, 1.807) is 24.3 Å². The van der Waals surface area contributed by atoms with E-state index in [-0.39, 0.29) is 5.91 Å². The van der Waals surface area contributed by atoms with Gasteiger partial charge < -0.3 is 10.1 Å². The van der Waals surface area contributed by atoms with Crippen molar-refractivity contribution in [3.8, 4) is 5.75 Å². The van der Waals surface area contributed by atoms with Crippen LogP contribution >= 0.6 is 11.6 Å². The van der Waals surface area contributed by atoms with Crippen molar-refractivity contribution in [2.24, 2.45) is 0 Å². The molecule has 0 fully saturated rings. The van der Waals surface area contributed by atoms with E-state index < -0.39 is 6.10 Å². The molecule has 2 aromatic rings. The number of nitrogens with one attached hydrogen (secondary N) is 1. The van der Waals surface area contributed by atoms with Gasteiger partial charge in [-0.3, -0.25) is 4.79 Å². The summed E-state index contributed by atoms with van der Waals surface area (Å²) >= 11 is 5.90. The minimum atomic E-state index is -0.548. The minimum absolute atomic E-state index is 0.168. The van der Waals surface area contributed by atoms with Gasteiger partial charge in [-0.1, -0.05) is 42.8 Å². The molecule has 0 unspecified atom stereocenters. The van der Waals surface area contributed by atoms with Crippen molar-refractivity contribution in [2.45, 2.75) is 19.4 Å². The summed E-state index contributed by atoms with van der Waals surface area (Å²) in [4.78, 5) is 12.2. The van der Waals surface area contributed by atoms with Gasteiger partial charge in [0.25, 0.3) is 5.91 Å². The highest BCUT2D eigenvalue weighted by Crippen LogP contribution is 2.19. The topological polar surface area (TPSA) is 38.3 Å². The molecular weight excluding hydrogens is 274 g/mol. The highest BCUT2D eigenvalue weighted by molar-refractivity contribution is 6.30. The van der Waals surface area contributed by atoms with E-state index in [0.717, 1.165) is 5.69 Å². The largest absolute Gasteiger partial charge is 0.481 e. The lowest BCUT2D eigenvalue weighted by Crippen LogP contribution is -2.32. The van der Waals surface area contributed by atoms with Crippen molar-refractivity contribution in [1.82, 2.24) is 0 Å². The zero-order valence-corrected chi connectivity index (χ0v) is 11.9. The summed E-state index contributed by atoms with van der Waals surface area (Å²) in [6, 6.07) is 16.3. The first kappa shape index (κ1) is 14.4. The molecule has 0 saturated carbocycles. The Kier molecular flexibility index (Phi) is 5.02. The lowest BCUT2D eigenvalue weighted by atomic mass is 10.2. The first-order valence-corrected chi connectivity index (χ1v) is 6.85. The highest BCUT2D eigenvalue weighted by atomic mass is 35.5. The monoisotopic (exact) mass is 289 g/mol. The molecule has 2 aromatic carbocycles. The lowest BCUT2D eigenvalue weighted by Gasteiger charge is -2.17. The number of benzene rings is 2. The fourth-order valence-electron chi connectivity index (χ4n) is 1.77. The molecule has 104 valence electrons. The van der Waals surface area contributed by atoms with E-state index in [1.165, 1.54) is 0 Å². The molecule has 0 saturated heterocycles. The zero-order chi connectivity index (χ0) is 14.4. The van der Waals surface area contributed by atoms with Crippen molar-refractivity contribution in [2.75, 3.05) is 5.32 Å². The van der Waals surface area contributed by atoms with Gasteiger partial charge in [-0.25, -0.2) is 0 Å². The SMILES string of the molecule is CC[C@H](Oc1cccc(Cl)c1)C(=O)Nc1ccccc1. The zero-order valence-electron chi connectivity index (χ0n) is 11.2.